The molecule has 4 N–H and O–H groups in total. The van der Waals surface area contributed by atoms with Crippen molar-refractivity contribution in [2.24, 2.45) is 5.73 Å². The standard InChI is InChI=1S/C25H28FN5O3S/c1-33-23-9-3-14-2-6-18(26)17(24(14)31-23)10-19(27)20-7-4-16(12-34-20)28-11-15-5-8-21-25(29-15)30-22(32)13-35-21/h2-3,5-6,8-9,16,19-20,28H,4,7,10-13,27H2,1H3,(H,29,30,32)/t16-,19+,20+/m0/s1. The van der Waals surface area contributed by atoms with Gasteiger partial charge < -0.3 is 25.8 Å². The number of ether oxygens (including phenoxy) is 2. The van der Waals surface area contributed by atoms with Crippen molar-refractivity contribution in [1.82, 2.24) is 15.3 Å². The van der Waals surface area contributed by atoms with Crippen molar-refractivity contribution in [3.8, 4) is 5.88 Å². The van der Waals surface area contributed by atoms with E-state index >= 15 is 0 Å². The van der Waals surface area contributed by atoms with Crippen molar-refractivity contribution in [2.75, 3.05) is 24.8 Å². The third kappa shape index (κ3) is 5.40. The van der Waals surface area contributed by atoms with Gasteiger partial charge in [-0.05, 0) is 49.6 Å². The van der Waals surface area contributed by atoms with Gasteiger partial charge in [-0.2, -0.15) is 0 Å². The van der Waals surface area contributed by atoms with E-state index in [1.165, 1.54) is 24.9 Å². The fourth-order valence-electron chi connectivity index (χ4n) is 4.50. The van der Waals surface area contributed by atoms with Gasteiger partial charge in [0.05, 0.1) is 41.7 Å². The fraction of sp³-hybridized carbons (Fsp3) is 0.400. The van der Waals surface area contributed by atoms with Crippen LogP contribution in [0, 0.1) is 5.82 Å². The number of hydrogen-bond donors (Lipinski definition) is 3. The number of pyridine rings is 2. The molecule has 0 unspecified atom stereocenters. The normalized spacial score (nSPS) is 20.8. The van der Waals surface area contributed by atoms with Gasteiger partial charge in [0.1, 0.15) is 11.6 Å². The van der Waals surface area contributed by atoms with E-state index in [0.717, 1.165) is 28.8 Å². The second kappa shape index (κ2) is 10.4. The maximum atomic E-state index is 14.7. The van der Waals surface area contributed by atoms with E-state index in [9.17, 15) is 9.18 Å². The summed E-state index contributed by atoms with van der Waals surface area (Å²) in [4.78, 5) is 21.6. The number of rotatable bonds is 7. The zero-order chi connectivity index (χ0) is 24.4. The molecule has 184 valence electrons. The average molecular weight is 498 g/mol. The van der Waals surface area contributed by atoms with Crippen LogP contribution in [0.4, 0.5) is 10.2 Å². The summed E-state index contributed by atoms with van der Waals surface area (Å²) < 4.78 is 26.0. The van der Waals surface area contributed by atoms with Crippen molar-refractivity contribution in [1.29, 1.82) is 0 Å². The van der Waals surface area contributed by atoms with Gasteiger partial charge in [0.25, 0.3) is 0 Å². The summed E-state index contributed by atoms with van der Waals surface area (Å²) in [6, 6.07) is 10.6. The van der Waals surface area contributed by atoms with Gasteiger partial charge in [-0.25, -0.2) is 14.4 Å². The third-order valence-corrected chi connectivity index (χ3v) is 7.47. The molecule has 1 aromatic carbocycles. The average Bonchev–Trinajstić information content (AvgIpc) is 2.88. The topological polar surface area (TPSA) is 111 Å². The molecule has 0 spiro atoms. The largest absolute Gasteiger partial charge is 0.481 e. The maximum Gasteiger partial charge on any atom is 0.235 e. The second-order valence-corrected chi connectivity index (χ2v) is 9.85. The zero-order valence-corrected chi connectivity index (χ0v) is 20.2. The summed E-state index contributed by atoms with van der Waals surface area (Å²) in [6.45, 7) is 1.09. The third-order valence-electron chi connectivity index (χ3n) is 6.43. The van der Waals surface area contributed by atoms with Crippen LogP contribution in [-0.2, 0) is 22.5 Å². The van der Waals surface area contributed by atoms with Crippen LogP contribution in [0.15, 0.2) is 41.3 Å². The van der Waals surface area contributed by atoms with Gasteiger partial charge in [0.15, 0.2) is 0 Å². The van der Waals surface area contributed by atoms with Crippen LogP contribution in [0.25, 0.3) is 10.9 Å². The highest BCUT2D eigenvalue weighted by Crippen LogP contribution is 2.30. The number of benzene rings is 1. The van der Waals surface area contributed by atoms with Crippen LogP contribution in [0.2, 0.25) is 0 Å². The SMILES string of the molecule is COc1ccc2ccc(F)c(C[C@@H](N)[C@H]3CC[C@H](NCc4ccc5c(n4)NC(=O)CS5)CO3)c2n1. The first-order valence-electron chi connectivity index (χ1n) is 11.7. The second-order valence-electron chi connectivity index (χ2n) is 8.83. The Morgan fingerprint density at radius 2 is 2.11 bits per heavy atom. The molecule has 1 amide bonds. The molecule has 1 saturated heterocycles. The highest BCUT2D eigenvalue weighted by molar-refractivity contribution is 8.00. The van der Waals surface area contributed by atoms with Crippen LogP contribution in [0.3, 0.4) is 0 Å². The van der Waals surface area contributed by atoms with Crippen LogP contribution in [0.1, 0.15) is 24.1 Å². The Hall–Kier alpha value is -2.79. The molecule has 4 heterocycles. The Morgan fingerprint density at radius 3 is 2.91 bits per heavy atom. The minimum absolute atomic E-state index is 0.0264. The molecule has 0 radical (unpaired) electrons. The molecule has 5 rings (SSSR count). The lowest BCUT2D eigenvalue weighted by Gasteiger charge is -2.33. The predicted molar refractivity (Wildman–Crippen MR) is 133 cm³/mol. The Morgan fingerprint density at radius 1 is 1.26 bits per heavy atom. The van der Waals surface area contributed by atoms with Gasteiger partial charge in [0, 0.05) is 35.6 Å². The number of carbonyl (C=O) groups excluding carboxylic acids is 1. The van der Waals surface area contributed by atoms with E-state index in [1.54, 1.807) is 12.1 Å². The Balaban J connectivity index is 1.16. The van der Waals surface area contributed by atoms with Gasteiger partial charge in [-0.1, -0.05) is 0 Å². The van der Waals surface area contributed by atoms with Gasteiger partial charge in [-0.3, -0.25) is 4.79 Å². The van der Waals surface area contributed by atoms with E-state index in [2.05, 4.69) is 20.6 Å². The quantitative estimate of drug-likeness (QED) is 0.457. The number of nitrogens with two attached hydrogens (primary N) is 1. The lowest BCUT2D eigenvalue weighted by atomic mass is 9.94. The monoisotopic (exact) mass is 497 g/mol. The molecule has 2 aromatic heterocycles. The van der Waals surface area contributed by atoms with Crippen molar-refractivity contribution in [3.63, 3.8) is 0 Å². The minimum atomic E-state index is -0.354. The molecule has 3 atom stereocenters. The summed E-state index contributed by atoms with van der Waals surface area (Å²) >= 11 is 1.50. The van der Waals surface area contributed by atoms with E-state index in [0.29, 0.717) is 48.1 Å². The fourth-order valence-corrected chi connectivity index (χ4v) is 5.26. The van der Waals surface area contributed by atoms with Crippen molar-refractivity contribution >= 4 is 34.4 Å². The number of anilines is 1. The number of amides is 1. The first-order valence-corrected chi connectivity index (χ1v) is 12.6. The number of thioether (sulfide) groups is 1. The number of nitrogens with one attached hydrogen (secondary N) is 2. The lowest BCUT2D eigenvalue weighted by Crippen LogP contribution is -2.47. The maximum absolute atomic E-state index is 14.7. The Bertz CT molecular complexity index is 1240. The number of methoxy groups -OCH3 is 1. The summed E-state index contributed by atoms with van der Waals surface area (Å²) in [5, 5.41) is 7.15. The number of aromatic nitrogens is 2. The molecule has 0 bridgehead atoms. The summed E-state index contributed by atoms with van der Waals surface area (Å²) in [5.41, 5.74) is 8.40. The molecule has 10 heteroatoms. The van der Waals surface area contributed by atoms with E-state index in [1.807, 2.05) is 18.2 Å². The van der Waals surface area contributed by atoms with Crippen molar-refractivity contribution in [3.05, 3.63) is 53.5 Å². The highest BCUT2D eigenvalue weighted by atomic mass is 32.2. The summed E-state index contributed by atoms with van der Waals surface area (Å²) in [6.07, 6.45) is 1.82. The first-order chi connectivity index (χ1) is 17.0. The molecular weight excluding hydrogens is 469 g/mol. The van der Waals surface area contributed by atoms with Crippen LogP contribution >= 0.6 is 11.8 Å². The lowest BCUT2D eigenvalue weighted by molar-refractivity contribution is -0.113. The minimum Gasteiger partial charge on any atom is -0.481 e. The molecule has 8 nitrogen and oxygen atoms in total. The van der Waals surface area contributed by atoms with Crippen molar-refractivity contribution in [2.45, 2.75) is 48.9 Å². The summed E-state index contributed by atoms with van der Waals surface area (Å²) in [7, 11) is 1.54. The number of fused-ring (bicyclic) bond motifs is 2. The van der Waals surface area contributed by atoms with E-state index in [-0.39, 0.29) is 29.9 Å². The van der Waals surface area contributed by atoms with Crippen LogP contribution in [-0.4, -0.2) is 53.5 Å². The molecule has 2 aliphatic rings. The molecule has 1 fully saturated rings. The number of nitrogens with zero attached hydrogens (tertiary/aromatic N) is 2. The van der Waals surface area contributed by atoms with Crippen molar-refractivity contribution < 1.29 is 18.7 Å². The molecular formula is C25H28FN5O3S. The van der Waals surface area contributed by atoms with Crippen LogP contribution < -0.4 is 21.1 Å². The Kier molecular flexibility index (Phi) is 7.14. The number of halogens is 1. The first kappa shape index (κ1) is 23.9. The highest BCUT2D eigenvalue weighted by Gasteiger charge is 2.28. The predicted octanol–water partition coefficient (Wildman–Crippen LogP) is 3.03. The van der Waals surface area contributed by atoms with Gasteiger partial charge in [-0.15, -0.1) is 11.8 Å². The van der Waals surface area contributed by atoms with Crippen LogP contribution in [0.5, 0.6) is 5.88 Å². The zero-order valence-electron chi connectivity index (χ0n) is 19.4. The van der Waals surface area contributed by atoms with Gasteiger partial charge in [0.2, 0.25) is 11.8 Å². The molecule has 35 heavy (non-hydrogen) atoms. The number of carbonyl (C=O) groups is 1. The molecule has 0 saturated carbocycles. The number of hydrogen-bond acceptors (Lipinski definition) is 8. The van der Waals surface area contributed by atoms with Gasteiger partial charge >= 0.3 is 0 Å². The smallest absolute Gasteiger partial charge is 0.235 e. The Labute approximate surface area is 207 Å². The summed E-state index contributed by atoms with van der Waals surface area (Å²) in [5.74, 6) is 1.14. The molecule has 2 aliphatic heterocycles. The molecule has 0 aliphatic carbocycles. The molecule has 3 aromatic rings. The van der Waals surface area contributed by atoms with E-state index < -0.39 is 0 Å². The van der Waals surface area contributed by atoms with E-state index in [4.69, 9.17) is 15.2 Å².